The predicted octanol–water partition coefficient (Wildman–Crippen LogP) is 3.68. The van der Waals surface area contributed by atoms with Gasteiger partial charge in [-0.25, -0.2) is 4.98 Å². The van der Waals surface area contributed by atoms with E-state index in [1.54, 1.807) is 22.7 Å². The summed E-state index contributed by atoms with van der Waals surface area (Å²) in [6, 6.07) is 13.1. The van der Waals surface area contributed by atoms with Gasteiger partial charge < -0.3 is 10.6 Å². The molecule has 0 bridgehead atoms. The predicted molar refractivity (Wildman–Crippen MR) is 106 cm³/mol. The summed E-state index contributed by atoms with van der Waals surface area (Å²) < 4.78 is 1.64. The van der Waals surface area contributed by atoms with E-state index in [-0.39, 0.29) is 29.4 Å². The number of benzene rings is 1. The number of anilines is 1. The van der Waals surface area contributed by atoms with Crippen molar-refractivity contribution in [2.45, 2.75) is 39.7 Å². The Morgan fingerprint density at radius 3 is 2.48 bits per heavy atom. The largest absolute Gasteiger partial charge is 0.348 e. The van der Waals surface area contributed by atoms with Crippen molar-refractivity contribution in [3.63, 3.8) is 0 Å². The molecule has 0 aliphatic rings. The zero-order chi connectivity index (χ0) is 19.4. The van der Waals surface area contributed by atoms with Crippen LogP contribution in [-0.2, 0) is 6.42 Å². The minimum Gasteiger partial charge on any atom is -0.348 e. The fourth-order valence-corrected chi connectivity index (χ4v) is 2.77. The second-order valence-electron chi connectivity index (χ2n) is 6.53. The highest BCUT2D eigenvalue weighted by Crippen LogP contribution is 2.16. The van der Waals surface area contributed by atoms with Gasteiger partial charge in [0.2, 0.25) is 5.82 Å². The number of imidazole rings is 1. The quantitative estimate of drug-likeness (QED) is 0.701. The number of nitrogens with one attached hydrogen (secondary N) is 2. The number of aryl methyl sites for hydroxylation is 1. The monoisotopic (exact) mass is 364 g/mol. The van der Waals surface area contributed by atoms with Crippen molar-refractivity contribution in [2.75, 3.05) is 5.32 Å². The van der Waals surface area contributed by atoms with E-state index in [2.05, 4.69) is 22.5 Å². The van der Waals surface area contributed by atoms with Gasteiger partial charge in [0.05, 0.1) is 5.52 Å². The normalized spacial score (nSPS) is 12.0. The van der Waals surface area contributed by atoms with Crippen LogP contribution in [0.4, 0.5) is 5.69 Å². The van der Waals surface area contributed by atoms with Gasteiger partial charge in [-0.15, -0.1) is 0 Å². The number of hydrogen-bond donors (Lipinski definition) is 2. The molecule has 6 heteroatoms. The summed E-state index contributed by atoms with van der Waals surface area (Å²) in [4.78, 5) is 29.7. The van der Waals surface area contributed by atoms with Crippen LogP contribution in [0.15, 0.2) is 48.7 Å². The lowest BCUT2D eigenvalue weighted by Crippen LogP contribution is -2.32. The second kappa shape index (κ2) is 8.03. The topological polar surface area (TPSA) is 75.5 Å². The van der Waals surface area contributed by atoms with Gasteiger partial charge in [-0.3, -0.25) is 14.0 Å². The molecule has 2 heterocycles. The molecular weight excluding hydrogens is 340 g/mol. The molecule has 2 N–H and O–H groups in total. The molecule has 0 saturated heterocycles. The molecule has 0 spiro atoms. The zero-order valence-corrected chi connectivity index (χ0v) is 15.8. The van der Waals surface area contributed by atoms with E-state index < -0.39 is 0 Å². The molecule has 1 unspecified atom stereocenters. The summed E-state index contributed by atoms with van der Waals surface area (Å²) in [5.74, 6) is -0.457. The van der Waals surface area contributed by atoms with Gasteiger partial charge in [-0.05, 0) is 49.6 Å². The Morgan fingerprint density at radius 2 is 1.81 bits per heavy atom. The van der Waals surface area contributed by atoms with E-state index in [0.717, 1.165) is 12.8 Å². The van der Waals surface area contributed by atoms with Crippen molar-refractivity contribution in [3.05, 3.63) is 65.7 Å². The third-order valence-corrected chi connectivity index (χ3v) is 4.58. The van der Waals surface area contributed by atoms with Crippen molar-refractivity contribution in [1.82, 2.24) is 14.7 Å². The van der Waals surface area contributed by atoms with Crippen LogP contribution in [0, 0.1) is 0 Å². The third-order valence-electron chi connectivity index (χ3n) is 4.58. The Kier molecular flexibility index (Phi) is 5.54. The lowest BCUT2D eigenvalue weighted by atomic mass is 10.1. The summed E-state index contributed by atoms with van der Waals surface area (Å²) in [7, 11) is 0. The molecule has 0 fully saturated rings. The first kappa shape index (κ1) is 18.6. The first-order valence-corrected chi connectivity index (χ1v) is 9.21. The Balaban J connectivity index is 1.91. The minimum atomic E-state index is -0.358. The highest BCUT2D eigenvalue weighted by molar-refractivity contribution is 6.06. The van der Waals surface area contributed by atoms with Gasteiger partial charge in [-0.2, -0.15) is 0 Å². The maximum absolute atomic E-state index is 12.8. The molecule has 0 saturated carbocycles. The summed E-state index contributed by atoms with van der Waals surface area (Å²) >= 11 is 0. The smallest absolute Gasteiger partial charge is 0.292 e. The summed E-state index contributed by atoms with van der Waals surface area (Å²) in [6.45, 7) is 6.01. The molecule has 1 atom stereocenters. The third kappa shape index (κ3) is 4.00. The van der Waals surface area contributed by atoms with E-state index >= 15 is 0 Å². The van der Waals surface area contributed by atoms with Crippen LogP contribution in [0.5, 0.6) is 0 Å². The van der Waals surface area contributed by atoms with Crippen molar-refractivity contribution in [3.8, 4) is 0 Å². The van der Waals surface area contributed by atoms with E-state index in [4.69, 9.17) is 0 Å². The molecule has 2 amide bonds. The number of fused-ring (bicyclic) bond motifs is 1. The molecule has 140 valence electrons. The molecule has 3 aromatic rings. The molecule has 6 nitrogen and oxygen atoms in total. The van der Waals surface area contributed by atoms with Crippen LogP contribution < -0.4 is 10.6 Å². The van der Waals surface area contributed by atoms with Crippen molar-refractivity contribution < 1.29 is 9.59 Å². The van der Waals surface area contributed by atoms with Gasteiger partial charge >= 0.3 is 0 Å². The maximum Gasteiger partial charge on any atom is 0.292 e. The summed E-state index contributed by atoms with van der Waals surface area (Å²) in [6.07, 6.45) is 3.49. The summed E-state index contributed by atoms with van der Waals surface area (Å²) in [5, 5.41) is 5.76. The number of hydrogen-bond acceptors (Lipinski definition) is 3. The lowest BCUT2D eigenvalue weighted by Gasteiger charge is -2.09. The van der Waals surface area contributed by atoms with Crippen LogP contribution in [0.2, 0.25) is 0 Å². The molecule has 0 aliphatic carbocycles. The van der Waals surface area contributed by atoms with Crippen LogP contribution in [0.25, 0.3) is 5.52 Å². The molecule has 0 aliphatic heterocycles. The van der Waals surface area contributed by atoms with E-state index in [1.807, 2.05) is 44.2 Å². The fraction of sp³-hybridized carbons (Fsp3) is 0.286. The number of nitrogens with zero attached hydrogens (tertiary/aromatic N) is 2. The SMILES string of the molecule is CCc1ccc(NC(=O)c2nc(C(=O)NC(C)CC)c3ccccn23)cc1. The number of carbonyl (C=O) groups excluding carboxylic acids is 2. The Hall–Kier alpha value is -3.15. The van der Waals surface area contributed by atoms with Crippen molar-refractivity contribution in [2.24, 2.45) is 0 Å². The number of rotatable bonds is 6. The molecular formula is C21H24N4O2. The van der Waals surface area contributed by atoms with Crippen molar-refractivity contribution in [1.29, 1.82) is 0 Å². The van der Waals surface area contributed by atoms with Crippen LogP contribution in [0.3, 0.4) is 0 Å². The van der Waals surface area contributed by atoms with Gasteiger partial charge in [0, 0.05) is 17.9 Å². The molecule has 2 aromatic heterocycles. The second-order valence-corrected chi connectivity index (χ2v) is 6.53. The van der Waals surface area contributed by atoms with E-state index in [0.29, 0.717) is 11.2 Å². The highest BCUT2D eigenvalue weighted by Gasteiger charge is 2.22. The lowest BCUT2D eigenvalue weighted by molar-refractivity contribution is 0.0936. The zero-order valence-electron chi connectivity index (χ0n) is 15.8. The van der Waals surface area contributed by atoms with Crippen molar-refractivity contribution >= 4 is 23.0 Å². The average Bonchev–Trinajstić information content (AvgIpc) is 3.08. The van der Waals surface area contributed by atoms with Gasteiger partial charge in [0.25, 0.3) is 11.8 Å². The number of carbonyl (C=O) groups is 2. The first-order valence-electron chi connectivity index (χ1n) is 9.21. The van der Waals surface area contributed by atoms with Crippen LogP contribution in [-0.4, -0.2) is 27.2 Å². The molecule has 27 heavy (non-hydrogen) atoms. The Labute approximate surface area is 158 Å². The van der Waals surface area contributed by atoms with E-state index in [1.165, 1.54) is 5.56 Å². The standard InChI is InChI=1S/C21H24N4O2/c1-4-14(3)22-20(26)18-17-8-6-7-13-25(17)19(24-18)21(27)23-16-11-9-15(5-2)10-12-16/h6-14H,4-5H2,1-3H3,(H,22,26)(H,23,27). The molecule has 0 radical (unpaired) electrons. The van der Waals surface area contributed by atoms with Crippen LogP contribution >= 0.6 is 0 Å². The Bertz CT molecular complexity index is 960. The minimum absolute atomic E-state index is 0.0346. The first-order chi connectivity index (χ1) is 13.0. The van der Waals surface area contributed by atoms with Gasteiger partial charge in [0.1, 0.15) is 0 Å². The number of aromatic nitrogens is 2. The number of amides is 2. The Morgan fingerprint density at radius 1 is 1.07 bits per heavy atom. The highest BCUT2D eigenvalue weighted by atomic mass is 16.2. The number of pyridine rings is 1. The molecule has 1 aromatic carbocycles. The maximum atomic E-state index is 12.8. The molecule has 3 rings (SSSR count). The van der Waals surface area contributed by atoms with Gasteiger partial charge in [0.15, 0.2) is 5.69 Å². The summed E-state index contributed by atoms with van der Waals surface area (Å²) in [5.41, 5.74) is 2.74. The van der Waals surface area contributed by atoms with Gasteiger partial charge in [-0.1, -0.05) is 32.0 Å². The van der Waals surface area contributed by atoms with Crippen LogP contribution in [0.1, 0.15) is 53.9 Å². The average molecular weight is 364 g/mol. The van der Waals surface area contributed by atoms with E-state index in [9.17, 15) is 9.59 Å². The fourth-order valence-electron chi connectivity index (χ4n) is 2.77.